The molecule has 2 rings (SSSR count). The molecule has 0 aliphatic carbocycles. The van der Waals surface area contributed by atoms with Gasteiger partial charge in [0.1, 0.15) is 5.03 Å². The Morgan fingerprint density at radius 1 is 1.22 bits per heavy atom. The van der Waals surface area contributed by atoms with Crippen molar-refractivity contribution in [1.82, 2.24) is 4.98 Å². The summed E-state index contributed by atoms with van der Waals surface area (Å²) in [6.45, 7) is 1.81. The molecule has 1 heterocycles. The summed E-state index contributed by atoms with van der Waals surface area (Å²) in [7, 11) is 0. The van der Waals surface area contributed by atoms with Crippen molar-refractivity contribution in [3.8, 4) is 6.07 Å². The minimum atomic E-state index is 0.610. The van der Waals surface area contributed by atoms with Crippen LogP contribution in [0.25, 0.3) is 0 Å². The Labute approximate surface area is 109 Å². The normalized spacial score (nSPS) is 9.78. The molecular weight excluding hydrogens is 244 g/mol. The van der Waals surface area contributed by atoms with Gasteiger partial charge in [0.05, 0.1) is 11.6 Å². The van der Waals surface area contributed by atoms with Gasteiger partial charge in [-0.2, -0.15) is 5.26 Å². The van der Waals surface area contributed by atoms with Crippen LogP contribution in [-0.4, -0.2) is 11.3 Å². The highest BCUT2D eigenvalue weighted by molar-refractivity contribution is 7.99. The second kappa shape index (κ2) is 5.48. The smallest absolute Gasteiger partial charge is 0.151 e. The fourth-order valence-electron chi connectivity index (χ4n) is 1.45. The van der Waals surface area contributed by atoms with E-state index in [4.69, 9.17) is 5.26 Å². The topological polar surface area (TPSA) is 53.8 Å². The van der Waals surface area contributed by atoms with Crippen LogP contribution in [0.1, 0.15) is 21.6 Å². The van der Waals surface area contributed by atoms with Gasteiger partial charge in [0, 0.05) is 16.2 Å². The second-order valence-corrected chi connectivity index (χ2v) is 4.77. The van der Waals surface area contributed by atoms with Crippen molar-refractivity contribution in [1.29, 1.82) is 5.26 Å². The number of nitrogens with zero attached hydrogens (tertiary/aromatic N) is 2. The van der Waals surface area contributed by atoms with Gasteiger partial charge < -0.3 is 0 Å². The lowest BCUT2D eigenvalue weighted by molar-refractivity contribution is 0.112. The average molecular weight is 254 g/mol. The summed E-state index contributed by atoms with van der Waals surface area (Å²) in [6.07, 6.45) is 0.804. The van der Waals surface area contributed by atoms with E-state index in [0.29, 0.717) is 11.1 Å². The SMILES string of the molecule is Cc1nc(Sc2ccc(C#N)cc2)ccc1C=O. The molecule has 0 aliphatic heterocycles. The highest BCUT2D eigenvalue weighted by Crippen LogP contribution is 2.26. The van der Waals surface area contributed by atoms with Crippen LogP contribution in [-0.2, 0) is 0 Å². The Balaban J connectivity index is 2.20. The summed E-state index contributed by atoms with van der Waals surface area (Å²) in [4.78, 5) is 16.1. The molecule has 0 spiro atoms. The van der Waals surface area contributed by atoms with Crippen molar-refractivity contribution in [3.05, 3.63) is 53.2 Å². The molecule has 0 fully saturated rings. The highest BCUT2D eigenvalue weighted by Gasteiger charge is 2.03. The van der Waals surface area contributed by atoms with E-state index in [1.807, 2.05) is 25.1 Å². The van der Waals surface area contributed by atoms with Crippen molar-refractivity contribution in [2.24, 2.45) is 0 Å². The van der Waals surface area contributed by atoms with Gasteiger partial charge in [0.25, 0.3) is 0 Å². The van der Waals surface area contributed by atoms with E-state index in [-0.39, 0.29) is 0 Å². The lowest BCUT2D eigenvalue weighted by Crippen LogP contribution is -1.91. The molecule has 0 amide bonds. The Hall–Kier alpha value is -2.12. The number of hydrogen-bond donors (Lipinski definition) is 0. The summed E-state index contributed by atoms with van der Waals surface area (Å²) in [5, 5.41) is 9.55. The number of aromatic nitrogens is 1. The number of carbonyl (C=O) groups excluding carboxylic acids is 1. The van der Waals surface area contributed by atoms with Gasteiger partial charge in [-0.3, -0.25) is 4.79 Å². The van der Waals surface area contributed by atoms with Crippen LogP contribution in [0.15, 0.2) is 46.3 Å². The zero-order valence-electron chi connectivity index (χ0n) is 9.75. The Morgan fingerprint density at radius 2 is 1.94 bits per heavy atom. The van der Waals surface area contributed by atoms with Crippen molar-refractivity contribution in [2.45, 2.75) is 16.8 Å². The second-order valence-electron chi connectivity index (χ2n) is 3.68. The zero-order valence-corrected chi connectivity index (χ0v) is 10.6. The minimum Gasteiger partial charge on any atom is -0.298 e. The summed E-state index contributed by atoms with van der Waals surface area (Å²) < 4.78 is 0. The fourth-order valence-corrected chi connectivity index (χ4v) is 2.28. The van der Waals surface area contributed by atoms with E-state index in [0.717, 1.165) is 21.9 Å². The molecule has 0 saturated carbocycles. The number of nitriles is 1. The molecule has 3 nitrogen and oxygen atoms in total. The first-order valence-corrected chi connectivity index (χ1v) is 6.15. The van der Waals surface area contributed by atoms with E-state index in [9.17, 15) is 4.79 Å². The summed E-state index contributed by atoms with van der Waals surface area (Å²) in [6, 6.07) is 13.0. The molecule has 88 valence electrons. The van der Waals surface area contributed by atoms with Crippen LogP contribution in [0.5, 0.6) is 0 Å². The van der Waals surface area contributed by atoms with E-state index >= 15 is 0 Å². The van der Waals surface area contributed by atoms with E-state index in [2.05, 4.69) is 11.1 Å². The van der Waals surface area contributed by atoms with Crippen molar-refractivity contribution in [3.63, 3.8) is 0 Å². The molecule has 0 atom stereocenters. The highest BCUT2D eigenvalue weighted by atomic mass is 32.2. The van der Waals surface area contributed by atoms with E-state index < -0.39 is 0 Å². The standard InChI is InChI=1S/C14H10N2OS/c1-10-12(9-17)4-7-14(16-10)18-13-5-2-11(8-15)3-6-13/h2-7,9H,1H3. The largest absolute Gasteiger partial charge is 0.298 e. The first-order valence-electron chi connectivity index (χ1n) is 5.34. The molecule has 0 saturated heterocycles. The summed E-state index contributed by atoms with van der Waals surface area (Å²) in [5.74, 6) is 0. The number of aldehydes is 1. The minimum absolute atomic E-state index is 0.610. The lowest BCUT2D eigenvalue weighted by Gasteiger charge is -2.03. The molecular formula is C14H10N2OS. The summed E-state index contributed by atoms with van der Waals surface area (Å²) >= 11 is 1.50. The van der Waals surface area contributed by atoms with Crippen LogP contribution < -0.4 is 0 Å². The number of carbonyl (C=O) groups is 1. The van der Waals surface area contributed by atoms with Crippen molar-refractivity contribution >= 4 is 18.0 Å². The first kappa shape index (κ1) is 12.3. The number of aryl methyl sites for hydroxylation is 1. The molecule has 2 aromatic rings. The van der Waals surface area contributed by atoms with Gasteiger partial charge in [-0.15, -0.1) is 0 Å². The maximum absolute atomic E-state index is 10.7. The monoisotopic (exact) mass is 254 g/mol. The predicted octanol–water partition coefficient (Wildman–Crippen LogP) is 3.23. The summed E-state index contributed by atoms with van der Waals surface area (Å²) in [5.41, 5.74) is 1.97. The van der Waals surface area contributed by atoms with E-state index in [1.54, 1.807) is 18.2 Å². The number of pyridine rings is 1. The average Bonchev–Trinajstić information content (AvgIpc) is 2.40. The quantitative estimate of drug-likeness (QED) is 0.789. The van der Waals surface area contributed by atoms with Gasteiger partial charge in [0.2, 0.25) is 0 Å². The number of benzene rings is 1. The third kappa shape index (κ3) is 2.76. The maximum atomic E-state index is 10.7. The molecule has 4 heteroatoms. The van der Waals surface area contributed by atoms with Crippen LogP contribution in [0.3, 0.4) is 0 Å². The van der Waals surface area contributed by atoms with Gasteiger partial charge in [-0.05, 0) is 43.3 Å². The third-order valence-electron chi connectivity index (χ3n) is 2.43. The van der Waals surface area contributed by atoms with Gasteiger partial charge >= 0.3 is 0 Å². The molecule has 1 aromatic carbocycles. The number of hydrogen-bond acceptors (Lipinski definition) is 4. The van der Waals surface area contributed by atoms with Gasteiger partial charge in [0.15, 0.2) is 6.29 Å². The maximum Gasteiger partial charge on any atom is 0.151 e. The van der Waals surface area contributed by atoms with Crippen LogP contribution >= 0.6 is 11.8 Å². The van der Waals surface area contributed by atoms with Crippen molar-refractivity contribution in [2.75, 3.05) is 0 Å². The molecule has 1 aromatic heterocycles. The zero-order chi connectivity index (χ0) is 13.0. The van der Waals surface area contributed by atoms with Gasteiger partial charge in [-0.1, -0.05) is 11.8 Å². The molecule has 0 unspecified atom stereocenters. The molecule has 18 heavy (non-hydrogen) atoms. The Morgan fingerprint density at radius 3 is 2.50 bits per heavy atom. The molecule has 0 N–H and O–H groups in total. The number of rotatable bonds is 3. The molecule has 0 bridgehead atoms. The van der Waals surface area contributed by atoms with Crippen LogP contribution in [0, 0.1) is 18.3 Å². The van der Waals surface area contributed by atoms with Gasteiger partial charge in [-0.25, -0.2) is 4.98 Å². The molecule has 0 radical (unpaired) electrons. The van der Waals surface area contributed by atoms with Crippen molar-refractivity contribution < 1.29 is 4.79 Å². The van der Waals surface area contributed by atoms with Crippen LogP contribution in [0.2, 0.25) is 0 Å². The van der Waals surface area contributed by atoms with Crippen LogP contribution in [0.4, 0.5) is 0 Å². The first-order chi connectivity index (χ1) is 8.72. The fraction of sp³-hybridized carbons (Fsp3) is 0.0714. The lowest BCUT2D eigenvalue weighted by atomic mass is 10.2. The molecule has 0 aliphatic rings. The third-order valence-corrected chi connectivity index (χ3v) is 3.38. The predicted molar refractivity (Wildman–Crippen MR) is 69.6 cm³/mol. The van der Waals surface area contributed by atoms with E-state index in [1.165, 1.54) is 11.8 Å². The Bertz CT molecular complexity index is 615. The Kier molecular flexibility index (Phi) is 3.75.